The van der Waals surface area contributed by atoms with Gasteiger partial charge in [0.15, 0.2) is 0 Å². The van der Waals surface area contributed by atoms with E-state index in [-0.39, 0.29) is 9.90 Å². The predicted octanol–water partition coefficient (Wildman–Crippen LogP) is 2.58. The Kier molecular flexibility index (Phi) is 3.27. The third kappa shape index (κ3) is 2.62. The van der Waals surface area contributed by atoms with Crippen molar-refractivity contribution < 1.29 is 12.8 Å². The lowest BCUT2D eigenvalue weighted by molar-refractivity contribution is 0.603. The molecule has 0 saturated carbocycles. The van der Waals surface area contributed by atoms with Crippen LogP contribution in [0.5, 0.6) is 0 Å². The zero-order valence-corrected chi connectivity index (χ0v) is 11.1. The monoisotopic (exact) mass is 286 g/mol. The number of anilines is 2. The summed E-state index contributed by atoms with van der Waals surface area (Å²) in [5.41, 5.74) is 6.73. The van der Waals surface area contributed by atoms with Gasteiger partial charge in [-0.15, -0.1) is 11.3 Å². The SMILES string of the molecule is Cc1ccc(F)cc1NS(=O)(=O)c1cc(N)cs1. The van der Waals surface area contributed by atoms with Crippen LogP contribution in [0.15, 0.2) is 33.9 Å². The summed E-state index contributed by atoms with van der Waals surface area (Å²) in [4.78, 5) is 0. The smallest absolute Gasteiger partial charge is 0.271 e. The van der Waals surface area contributed by atoms with Crippen LogP contribution in [0.2, 0.25) is 0 Å². The third-order valence-corrected chi connectivity index (χ3v) is 5.13. The van der Waals surface area contributed by atoms with E-state index in [0.717, 1.165) is 17.4 Å². The van der Waals surface area contributed by atoms with Crippen LogP contribution in [-0.4, -0.2) is 8.42 Å². The zero-order chi connectivity index (χ0) is 13.3. The minimum atomic E-state index is -3.71. The number of thiophene rings is 1. The number of sulfonamides is 1. The highest BCUT2D eigenvalue weighted by molar-refractivity contribution is 7.94. The van der Waals surface area contributed by atoms with Crippen LogP contribution in [0.25, 0.3) is 0 Å². The number of nitrogens with one attached hydrogen (secondary N) is 1. The van der Waals surface area contributed by atoms with Crippen LogP contribution < -0.4 is 10.5 Å². The molecular weight excluding hydrogens is 275 g/mol. The molecular formula is C11H11FN2O2S2. The summed E-state index contributed by atoms with van der Waals surface area (Å²) in [7, 11) is -3.71. The molecule has 0 bridgehead atoms. The molecule has 0 amide bonds. The molecule has 1 aromatic carbocycles. The molecule has 2 aromatic rings. The van der Waals surface area contributed by atoms with E-state index in [9.17, 15) is 12.8 Å². The Morgan fingerprint density at radius 1 is 1.33 bits per heavy atom. The molecule has 96 valence electrons. The van der Waals surface area contributed by atoms with Crippen molar-refractivity contribution in [3.05, 3.63) is 41.0 Å². The zero-order valence-electron chi connectivity index (χ0n) is 9.48. The fourth-order valence-corrected chi connectivity index (χ4v) is 3.57. The Morgan fingerprint density at radius 2 is 2.06 bits per heavy atom. The highest BCUT2D eigenvalue weighted by Gasteiger charge is 2.17. The summed E-state index contributed by atoms with van der Waals surface area (Å²) < 4.78 is 39.5. The van der Waals surface area contributed by atoms with Gasteiger partial charge in [0.1, 0.15) is 10.0 Å². The van der Waals surface area contributed by atoms with E-state index in [1.165, 1.54) is 23.6 Å². The van der Waals surface area contributed by atoms with Crippen molar-refractivity contribution in [3.8, 4) is 0 Å². The lowest BCUT2D eigenvalue weighted by Gasteiger charge is -2.09. The highest BCUT2D eigenvalue weighted by Crippen LogP contribution is 2.25. The van der Waals surface area contributed by atoms with Crippen LogP contribution in [0.1, 0.15) is 5.56 Å². The number of hydrogen-bond donors (Lipinski definition) is 2. The molecule has 4 nitrogen and oxygen atoms in total. The first-order valence-electron chi connectivity index (χ1n) is 5.01. The number of nitrogen functional groups attached to an aromatic ring is 1. The van der Waals surface area contributed by atoms with Crippen molar-refractivity contribution in [1.29, 1.82) is 0 Å². The van der Waals surface area contributed by atoms with E-state index >= 15 is 0 Å². The van der Waals surface area contributed by atoms with Crippen LogP contribution in [-0.2, 0) is 10.0 Å². The van der Waals surface area contributed by atoms with Crippen molar-refractivity contribution in [3.63, 3.8) is 0 Å². The van der Waals surface area contributed by atoms with Gasteiger partial charge in [0, 0.05) is 11.1 Å². The minimum absolute atomic E-state index is 0.101. The number of nitrogens with two attached hydrogens (primary N) is 1. The topological polar surface area (TPSA) is 72.2 Å². The second-order valence-electron chi connectivity index (χ2n) is 3.76. The van der Waals surface area contributed by atoms with E-state index < -0.39 is 15.8 Å². The molecule has 0 aliphatic rings. The van der Waals surface area contributed by atoms with Crippen LogP contribution >= 0.6 is 11.3 Å². The molecule has 1 heterocycles. The lowest BCUT2D eigenvalue weighted by Crippen LogP contribution is -2.12. The average molecular weight is 286 g/mol. The summed E-state index contributed by atoms with van der Waals surface area (Å²) >= 11 is 1.02. The molecule has 0 fully saturated rings. The number of rotatable bonds is 3. The maximum Gasteiger partial charge on any atom is 0.271 e. The van der Waals surface area contributed by atoms with Gasteiger partial charge in [-0.1, -0.05) is 6.07 Å². The van der Waals surface area contributed by atoms with Gasteiger partial charge in [0.25, 0.3) is 10.0 Å². The Balaban J connectivity index is 2.36. The molecule has 18 heavy (non-hydrogen) atoms. The first kappa shape index (κ1) is 12.8. The standard InChI is InChI=1S/C11H11FN2O2S2/c1-7-2-3-8(12)4-10(7)14-18(15,16)11-5-9(13)6-17-11/h2-6,14H,13H2,1H3. The maximum absolute atomic E-state index is 13.1. The largest absolute Gasteiger partial charge is 0.398 e. The number of halogens is 1. The van der Waals surface area contributed by atoms with Gasteiger partial charge in [0.05, 0.1) is 5.69 Å². The average Bonchev–Trinajstić information content (AvgIpc) is 2.71. The summed E-state index contributed by atoms with van der Waals surface area (Å²) in [5, 5.41) is 1.53. The molecule has 0 saturated heterocycles. The molecule has 1 aromatic heterocycles. The summed E-state index contributed by atoms with van der Waals surface area (Å²) in [6.07, 6.45) is 0. The Labute approximate surface area is 108 Å². The number of aryl methyl sites for hydroxylation is 1. The third-order valence-electron chi connectivity index (χ3n) is 2.30. The normalized spacial score (nSPS) is 11.4. The van der Waals surface area contributed by atoms with Crippen molar-refractivity contribution >= 4 is 32.7 Å². The van der Waals surface area contributed by atoms with E-state index in [0.29, 0.717) is 11.3 Å². The Hall–Kier alpha value is -1.60. The number of benzene rings is 1. The van der Waals surface area contributed by atoms with Gasteiger partial charge in [-0.3, -0.25) is 4.72 Å². The maximum atomic E-state index is 13.1. The summed E-state index contributed by atoms with van der Waals surface area (Å²) in [6.45, 7) is 1.69. The lowest BCUT2D eigenvalue weighted by atomic mass is 10.2. The van der Waals surface area contributed by atoms with Crippen molar-refractivity contribution in [2.75, 3.05) is 10.5 Å². The molecule has 0 aliphatic carbocycles. The second kappa shape index (κ2) is 4.58. The van der Waals surface area contributed by atoms with E-state index in [2.05, 4.69) is 4.72 Å². The van der Waals surface area contributed by atoms with E-state index in [4.69, 9.17) is 5.73 Å². The first-order valence-corrected chi connectivity index (χ1v) is 7.38. The molecule has 0 unspecified atom stereocenters. The molecule has 0 radical (unpaired) electrons. The van der Waals surface area contributed by atoms with Gasteiger partial charge in [-0.05, 0) is 30.7 Å². The van der Waals surface area contributed by atoms with Gasteiger partial charge in [-0.25, -0.2) is 12.8 Å². The number of hydrogen-bond acceptors (Lipinski definition) is 4. The van der Waals surface area contributed by atoms with Crippen LogP contribution in [0.4, 0.5) is 15.8 Å². The molecule has 3 N–H and O–H groups in total. The highest BCUT2D eigenvalue weighted by atomic mass is 32.2. The predicted molar refractivity (Wildman–Crippen MR) is 70.7 cm³/mol. The summed E-state index contributed by atoms with van der Waals surface area (Å²) in [6, 6.07) is 5.29. The summed E-state index contributed by atoms with van der Waals surface area (Å²) in [5.74, 6) is -0.496. The van der Waals surface area contributed by atoms with Gasteiger partial charge >= 0.3 is 0 Å². The van der Waals surface area contributed by atoms with Gasteiger partial charge in [0.2, 0.25) is 0 Å². The first-order chi connectivity index (χ1) is 8.38. The fourth-order valence-electron chi connectivity index (χ4n) is 1.37. The second-order valence-corrected chi connectivity index (χ2v) is 6.58. The van der Waals surface area contributed by atoms with Gasteiger partial charge in [-0.2, -0.15) is 0 Å². The molecule has 2 rings (SSSR count). The van der Waals surface area contributed by atoms with Crippen molar-refractivity contribution in [1.82, 2.24) is 0 Å². The molecule has 0 spiro atoms. The molecule has 0 atom stereocenters. The van der Waals surface area contributed by atoms with Crippen molar-refractivity contribution in [2.45, 2.75) is 11.1 Å². The minimum Gasteiger partial charge on any atom is -0.398 e. The molecule has 0 aliphatic heterocycles. The Bertz CT molecular complexity index is 680. The van der Waals surface area contributed by atoms with Crippen molar-refractivity contribution in [2.24, 2.45) is 0 Å². The van der Waals surface area contributed by atoms with Crippen LogP contribution in [0.3, 0.4) is 0 Å². The quantitative estimate of drug-likeness (QED) is 0.911. The Morgan fingerprint density at radius 3 is 2.67 bits per heavy atom. The van der Waals surface area contributed by atoms with E-state index in [1.54, 1.807) is 6.92 Å². The van der Waals surface area contributed by atoms with Gasteiger partial charge < -0.3 is 5.73 Å². The van der Waals surface area contributed by atoms with Crippen LogP contribution in [0, 0.1) is 12.7 Å². The van der Waals surface area contributed by atoms with E-state index in [1.807, 2.05) is 0 Å². The molecule has 7 heteroatoms. The fraction of sp³-hybridized carbons (Fsp3) is 0.0909.